The molecule has 1 amide bonds. The summed E-state index contributed by atoms with van der Waals surface area (Å²) in [7, 11) is 0. The number of rotatable bonds is 11. The zero-order chi connectivity index (χ0) is 38.9. The largest absolute Gasteiger partial charge is 0.397 e. The van der Waals surface area contributed by atoms with E-state index in [0.29, 0.717) is 34.0 Å². The number of hydrogen-bond donors (Lipinski definition) is 9. The molecule has 5 heterocycles. The van der Waals surface area contributed by atoms with Gasteiger partial charge in [-0.1, -0.05) is 56.1 Å². The van der Waals surface area contributed by atoms with Gasteiger partial charge in [-0.2, -0.15) is 0 Å². The van der Waals surface area contributed by atoms with E-state index in [0.717, 1.165) is 25.5 Å². The van der Waals surface area contributed by atoms with E-state index in [1.807, 2.05) is 36.4 Å². The highest BCUT2D eigenvalue weighted by Crippen LogP contribution is 2.26. The number of H-pyrrole nitrogens is 3. The molecule has 5 aromatic heterocycles. The first kappa shape index (κ1) is 38.6. The number of nitrogens with two attached hydrogens (primary N) is 1. The first-order chi connectivity index (χ1) is 26.6. The summed E-state index contributed by atoms with van der Waals surface area (Å²) in [5.74, 6) is -0.194. The summed E-state index contributed by atoms with van der Waals surface area (Å²) in [6, 6.07) is 21.3. The second-order valence-electron chi connectivity index (χ2n) is 12.0. The normalized spacial score (nSPS) is 11.9. The Labute approximate surface area is 329 Å². The molecule has 17 heteroatoms. The predicted molar refractivity (Wildman–Crippen MR) is 219 cm³/mol. The summed E-state index contributed by atoms with van der Waals surface area (Å²) >= 11 is 6.76. The molecule has 7 rings (SSSR count). The van der Waals surface area contributed by atoms with Crippen LogP contribution in [0.15, 0.2) is 129 Å². The van der Waals surface area contributed by atoms with Crippen LogP contribution in [-0.2, 0) is 0 Å². The molecule has 15 nitrogen and oxygen atoms in total. The van der Waals surface area contributed by atoms with E-state index in [9.17, 15) is 24.6 Å². The highest BCUT2D eigenvalue weighted by atomic mass is 79.9. The van der Waals surface area contributed by atoms with Crippen molar-refractivity contribution < 1.29 is 15.0 Å². The van der Waals surface area contributed by atoms with Crippen molar-refractivity contribution in [1.82, 2.24) is 29.9 Å². The van der Waals surface area contributed by atoms with Crippen LogP contribution in [0.3, 0.4) is 0 Å². The SMILES string of the molecule is Nc1ccncc1NC(=O)c1c(NCC(O)c2cccc(Br)c2)cc[nH]c1=O.O=c1[nH]ccc(NCC(O)c2cccc(Br)c2)c1-c1nc2ccncc2[nH]1. The summed E-state index contributed by atoms with van der Waals surface area (Å²) in [6.07, 6.45) is 7.62. The lowest BCUT2D eigenvalue weighted by Crippen LogP contribution is -2.26. The van der Waals surface area contributed by atoms with Gasteiger partial charge in [0, 0.05) is 46.8 Å². The van der Waals surface area contributed by atoms with Crippen LogP contribution in [0, 0.1) is 0 Å². The lowest BCUT2D eigenvalue weighted by atomic mass is 10.1. The van der Waals surface area contributed by atoms with Gasteiger partial charge in [-0.05, 0) is 59.7 Å². The number of aromatic nitrogens is 6. The molecule has 55 heavy (non-hydrogen) atoms. The van der Waals surface area contributed by atoms with Crippen molar-refractivity contribution in [2.24, 2.45) is 0 Å². The molecule has 0 spiro atoms. The monoisotopic (exact) mass is 868 g/mol. The van der Waals surface area contributed by atoms with E-state index in [-0.39, 0.29) is 29.9 Å². The highest BCUT2D eigenvalue weighted by molar-refractivity contribution is 9.10. The van der Waals surface area contributed by atoms with Gasteiger partial charge >= 0.3 is 0 Å². The fraction of sp³-hybridized carbons (Fsp3) is 0.105. The van der Waals surface area contributed by atoms with Crippen molar-refractivity contribution >= 4 is 71.6 Å². The maximum atomic E-state index is 12.6. The van der Waals surface area contributed by atoms with Crippen LogP contribution >= 0.6 is 31.9 Å². The third kappa shape index (κ3) is 9.70. The molecule has 0 aliphatic carbocycles. The maximum absolute atomic E-state index is 12.6. The van der Waals surface area contributed by atoms with Crippen LogP contribution in [-0.4, -0.2) is 59.1 Å². The topological polar surface area (TPSA) is 240 Å². The standard InChI is InChI=1S/C19H18BrN5O3.C19H16BrN5O2/c20-12-3-1-2-11(8-12)16(26)10-24-14-5-7-23-18(27)17(14)19(28)25-15-9-22-6-4-13(15)21;20-12-3-1-2-11(8-12)16(26)10-23-14-5-7-22-19(27)17(14)18-24-13-4-6-21-9-15(13)25-18/h1-9,16,26H,10H2,(H2,21,22)(H,25,28)(H2,23,24,27);1-9,16,26H,10H2,(H,24,25)(H2,22,23,27). The number of pyridine rings is 4. The number of nitrogens with zero attached hydrogens (tertiary/aromatic N) is 3. The van der Waals surface area contributed by atoms with Crippen LogP contribution in [0.25, 0.3) is 22.4 Å². The van der Waals surface area contributed by atoms with Gasteiger partial charge < -0.3 is 46.8 Å². The van der Waals surface area contributed by atoms with Crippen molar-refractivity contribution in [2.75, 3.05) is 34.8 Å². The van der Waals surface area contributed by atoms with Crippen molar-refractivity contribution in [2.45, 2.75) is 12.2 Å². The quantitative estimate of drug-likeness (QED) is 0.0760. The number of anilines is 4. The van der Waals surface area contributed by atoms with Gasteiger partial charge in [0.05, 0.1) is 58.4 Å². The average Bonchev–Trinajstić information content (AvgIpc) is 3.61. The molecule has 0 saturated heterocycles. The summed E-state index contributed by atoms with van der Waals surface area (Å²) in [4.78, 5) is 58.0. The Kier molecular flexibility index (Phi) is 12.5. The van der Waals surface area contributed by atoms with Crippen molar-refractivity contribution in [1.29, 1.82) is 0 Å². The number of amides is 1. The molecule has 0 aliphatic rings. The van der Waals surface area contributed by atoms with E-state index >= 15 is 0 Å². The summed E-state index contributed by atoms with van der Waals surface area (Å²) in [6.45, 7) is 0.351. The number of halogens is 2. The number of aliphatic hydroxyl groups excluding tert-OH is 2. The van der Waals surface area contributed by atoms with E-state index in [4.69, 9.17) is 5.73 Å². The van der Waals surface area contributed by atoms with E-state index in [2.05, 4.69) is 77.7 Å². The first-order valence-electron chi connectivity index (χ1n) is 16.7. The number of aromatic amines is 3. The van der Waals surface area contributed by atoms with Gasteiger partial charge in [-0.25, -0.2) is 4.98 Å². The molecule has 0 radical (unpaired) electrons. The number of fused-ring (bicyclic) bond motifs is 1. The lowest BCUT2D eigenvalue weighted by Gasteiger charge is -2.16. The Morgan fingerprint density at radius 2 is 1.36 bits per heavy atom. The number of hydrogen-bond acceptors (Lipinski definition) is 11. The Hall–Kier alpha value is -6.14. The van der Waals surface area contributed by atoms with E-state index < -0.39 is 23.7 Å². The van der Waals surface area contributed by atoms with Crippen molar-refractivity contribution in [3.05, 3.63) is 156 Å². The lowest BCUT2D eigenvalue weighted by molar-refractivity contribution is 0.102. The third-order valence-corrected chi connectivity index (χ3v) is 9.20. The number of imidazole rings is 1. The molecule has 10 N–H and O–H groups in total. The van der Waals surface area contributed by atoms with Crippen LogP contribution in [0.5, 0.6) is 0 Å². The van der Waals surface area contributed by atoms with Crippen molar-refractivity contribution in [3.8, 4) is 11.4 Å². The minimum atomic E-state index is -0.832. The highest BCUT2D eigenvalue weighted by Gasteiger charge is 2.19. The molecule has 2 atom stereocenters. The van der Waals surface area contributed by atoms with Crippen LogP contribution in [0.4, 0.5) is 22.7 Å². The van der Waals surface area contributed by atoms with Crippen LogP contribution in [0.2, 0.25) is 0 Å². The van der Waals surface area contributed by atoms with Crippen LogP contribution < -0.4 is 32.8 Å². The average molecular weight is 871 g/mol. The zero-order valence-electron chi connectivity index (χ0n) is 28.8. The Balaban J connectivity index is 0.000000187. The number of aliphatic hydroxyl groups is 2. The molecule has 0 aliphatic heterocycles. The minimum Gasteiger partial charge on any atom is -0.397 e. The number of benzene rings is 2. The van der Waals surface area contributed by atoms with Gasteiger partial charge in [0.15, 0.2) is 0 Å². The fourth-order valence-corrected chi connectivity index (χ4v) is 6.29. The molecular formula is C38H34Br2N10O5. The van der Waals surface area contributed by atoms with Gasteiger partial charge in [-0.15, -0.1) is 0 Å². The summed E-state index contributed by atoms with van der Waals surface area (Å²) in [5.41, 5.74) is 9.68. The molecule has 0 bridgehead atoms. The molecule has 7 aromatic rings. The van der Waals surface area contributed by atoms with Crippen molar-refractivity contribution in [3.63, 3.8) is 0 Å². The van der Waals surface area contributed by atoms with Crippen LogP contribution in [0.1, 0.15) is 33.7 Å². The number of nitrogens with one attached hydrogen (secondary N) is 6. The maximum Gasteiger partial charge on any atom is 0.263 e. The fourth-order valence-electron chi connectivity index (χ4n) is 5.46. The molecule has 2 unspecified atom stereocenters. The van der Waals surface area contributed by atoms with E-state index in [1.54, 1.807) is 55.0 Å². The zero-order valence-corrected chi connectivity index (χ0v) is 31.9. The molecule has 2 aromatic carbocycles. The molecule has 0 fully saturated rings. The predicted octanol–water partition coefficient (Wildman–Crippen LogP) is 5.73. The molecule has 0 saturated carbocycles. The summed E-state index contributed by atoms with van der Waals surface area (Å²) < 4.78 is 1.74. The Morgan fingerprint density at radius 1 is 0.764 bits per heavy atom. The number of carbonyl (C=O) groups excluding carboxylic acids is 1. The second-order valence-corrected chi connectivity index (χ2v) is 13.8. The number of nitrogen functional groups attached to an aromatic ring is 1. The number of carbonyl (C=O) groups is 1. The second kappa shape index (κ2) is 17.8. The van der Waals surface area contributed by atoms with Gasteiger partial charge in [0.1, 0.15) is 17.0 Å². The Morgan fingerprint density at radius 3 is 2.00 bits per heavy atom. The Bertz CT molecular complexity index is 2530. The van der Waals surface area contributed by atoms with E-state index in [1.165, 1.54) is 18.6 Å². The van der Waals surface area contributed by atoms with Gasteiger partial charge in [0.25, 0.3) is 17.0 Å². The molecular weight excluding hydrogens is 836 g/mol. The van der Waals surface area contributed by atoms with Gasteiger partial charge in [0.2, 0.25) is 0 Å². The minimum absolute atomic E-state index is 0.106. The first-order valence-corrected chi connectivity index (χ1v) is 18.2. The summed E-state index contributed by atoms with van der Waals surface area (Å²) in [5, 5.41) is 29.5. The molecule has 280 valence electrons. The third-order valence-electron chi connectivity index (χ3n) is 8.21. The smallest absolute Gasteiger partial charge is 0.263 e. The van der Waals surface area contributed by atoms with Gasteiger partial charge in [-0.3, -0.25) is 24.4 Å².